The smallest absolute Gasteiger partial charge is 0.270 e. The summed E-state index contributed by atoms with van der Waals surface area (Å²) in [7, 11) is 0. The Bertz CT molecular complexity index is 900. The van der Waals surface area contributed by atoms with Crippen LogP contribution in [0.2, 0.25) is 0 Å². The summed E-state index contributed by atoms with van der Waals surface area (Å²) in [6.07, 6.45) is 7.61. The summed E-state index contributed by atoms with van der Waals surface area (Å²) in [5, 5.41) is 7.33. The highest BCUT2D eigenvalue weighted by Gasteiger charge is 2.19. The molecule has 0 atom stereocenters. The maximum atomic E-state index is 12.4. The number of aromatic nitrogens is 3. The summed E-state index contributed by atoms with van der Waals surface area (Å²) in [4.78, 5) is 25.1. The summed E-state index contributed by atoms with van der Waals surface area (Å²) in [5.74, 6) is 0.429. The quantitative estimate of drug-likeness (QED) is 0.764. The maximum Gasteiger partial charge on any atom is 0.270 e. The van der Waals surface area contributed by atoms with Gasteiger partial charge in [-0.15, -0.1) is 0 Å². The van der Waals surface area contributed by atoms with E-state index in [4.69, 9.17) is 0 Å². The zero-order valence-electron chi connectivity index (χ0n) is 13.8. The number of pyridine rings is 1. The fraction of sp³-hybridized carbons (Fsp3) is 0.263. The van der Waals surface area contributed by atoms with Crippen LogP contribution in [0.3, 0.4) is 0 Å². The average Bonchev–Trinajstić information content (AvgIpc) is 3.15. The van der Waals surface area contributed by atoms with Crippen molar-refractivity contribution in [3.05, 3.63) is 54.6 Å². The van der Waals surface area contributed by atoms with Crippen LogP contribution in [0.5, 0.6) is 0 Å². The molecule has 6 heteroatoms. The van der Waals surface area contributed by atoms with E-state index in [0.717, 1.165) is 29.4 Å². The van der Waals surface area contributed by atoms with Gasteiger partial charge in [-0.05, 0) is 25.0 Å². The lowest BCUT2D eigenvalue weighted by Crippen LogP contribution is -2.33. The fourth-order valence-electron chi connectivity index (χ4n) is 3.22. The third-order valence-electron chi connectivity index (χ3n) is 4.49. The molecule has 1 aromatic carbocycles. The highest BCUT2D eigenvalue weighted by Crippen LogP contribution is 2.24. The number of nitrogens with one attached hydrogen (secondary N) is 2. The normalized spacial score (nSPS) is 14.6. The highest BCUT2D eigenvalue weighted by molar-refractivity contribution is 5.94. The van der Waals surface area contributed by atoms with E-state index in [9.17, 15) is 4.79 Å². The number of benzene rings is 1. The first-order valence-electron chi connectivity index (χ1n) is 8.53. The molecule has 1 fully saturated rings. The van der Waals surface area contributed by atoms with Crippen molar-refractivity contribution in [1.82, 2.24) is 20.3 Å². The van der Waals surface area contributed by atoms with Crippen LogP contribution in [0, 0.1) is 0 Å². The van der Waals surface area contributed by atoms with Crippen molar-refractivity contribution in [3.63, 3.8) is 0 Å². The molecule has 0 aliphatic heterocycles. The van der Waals surface area contributed by atoms with Gasteiger partial charge in [-0.3, -0.25) is 9.78 Å². The van der Waals surface area contributed by atoms with Crippen molar-refractivity contribution in [2.75, 3.05) is 5.32 Å². The summed E-state index contributed by atoms with van der Waals surface area (Å²) in [6, 6.07) is 11.8. The lowest BCUT2D eigenvalue weighted by molar-refractivity contribution is 0.0932. The van der Waals surface area contributed by atoms with Crippen molar-refractivity contribution in [1.29, 1.82) is 0 Å². The van der Waals surface area contributed by atoms with Gasteiger partial charge >= 0.3 is 0 Å². The molecule has 0 saturated heterocycles. The summed E-state index contributed by atoms with van der Waals surface area (Å²) >= 11 is 0. The van der Waals surface area contributed by atoms with Gasteiger partial charge in [-0.25, -0.2) is 9.97 Å². The number of fused-ring (bicyclic) bond motifs is 1. The van der Waals surface area contributed by atoms with Crippen LogP contribution in [0.4, 0.5) is 11.5 Å². The molecule has 1 aliphatic rings. The minimum atomic E-state index is -0.145. The second-order valence-corrected chi connectivity index (χ2v) is 6.25. The Labute approximate surface area is 145 Å². The third-order valence-corrected chi connectivity index (χ3v) is 4.49. The lowest BCUT2D eigenvalue weighted by atomic mass is 10.2. The first kappa shape index (κ1) is 15.5. The maximum absolute atomic E-state index is 12.4. The predicted octanol–water partition coefficient (Wildman–Crippen LogP) is 3.44. The van der Waals surface area contributed by atoms with Crippen LogP contribution in [0.25, 0.3) is 10.9 Å². The van der Waals surface area contributed by atoms with Gasteiger partial charge in [0.05, 0.1) is 11.2 Å². The number of nitrogens with zero attached hydrogens (tertiary/aromatic N) is 3. The van der Waals surface area contributed by atoms with Gasteiger partial charge in [-0.1, -0.05) is 31.0 Å². The molecule has 4 rings (SSSR count). The van der Waals surface area contributed by atoms with E-state index in [-0.39, 0.29) is 11.9 Å². The number of hydrogen-bond donors (Lipinski definition) is 2. The molecule has 0 radical (unpaired) electrons. The number of para-hydroxylation sites is 1. The average molecular weight is 333 g/mol. The van der Waals surface area contributed by atoms with Gasteiger partial charge in [0.15, 0.2) is 0 Å². The van der Waals surface area contributed by atoms with E-state index in [1.807, 2.05) is 30.3 Å². The molecule has 2 N–H and O–H groups in total. The Morgan fingerprint density at radius 2 is 1.88 bits per heavy atom. The fourth-order valence-corrected chi connectivity index (χ4v) is 3.22. The Kier molecular flexibility index (Phi) is 4.24. The zero-order valence-corrected chi connectivity index (χ0v) is 13.8. The molecule has 2 aromatic heterocycles. The van der Waals surface area contributed by atoms with Gasteiger partial charge in [0, 0.05) is 23.7 Å². The topological polar surface area (TPSA) is 79.8 Å². The number of anilines is 2. The van der Waals surface area contributed by atoms with Crippen molar-refractivity contribution in [2.24, 2.45) is 0 Å². The molecular formula is C19H19N5O. The number of carbonyl (C=O) groups excluding carboxylic acids is 1. The SMILES string of the molecule is O=C(NC1CCCC1)c1cc(Nc2cccc3cccnc23)ncn1. The molecule has 0 bridgehead atoms. The van der Waals surface area contributed by atoms with Crippen molar-refractivity contribution < 1.29 is 4.79 Å². The van der Waals surface area contributed by atoms with E-state index in [2.05, 4.69) is 25.6 Å². The number of amides is 1. The molecule has 0 unspecified atom stereocenters. The van der Waals surface area contributed by atoms with Gasteiger partial charge in [0.25, 0.3) is 5.91 Å². The molecule has 1 aliphatic carbocycles. The van der Waals surface area contributed by atoms with Crippen LogP contribution in [-0.2, 0) is 0 Å². The lowest BCUT2D eigenvalue weighted by Gasteiger charge is -2.12. The molecule has 126 valence electrons. The molecule has 25 heavy (non-hydrogen) atoms. The highest BCUT2D eigenvalue weighted by atomic mass is 16.1. The second-order valence-electron chi connectivity index (χ2n) is 6.25. The number of rotatable bonds is 4. The Morgan fingerprint density at radius 3 is 2.76 bits per heavy atom. The zero-order chi connectivity index (χ0) is 17.1. The van der Waals surface area contributed by atoms with Crippen molar-refractivity contribution in [2.45, 2.75) is 31.7 Å². The van der Waals surface area contributed by atoms with Gasteiger partial charge < -0.3 is 10.6 Å². The van der Waals surface area contributed by atoms with Gasteiger partial charge in [0.1, 0.15) is 17.8 Å². The molecule has 2 heterocycles. The monoisotopic (exact) mass is 333 g/mol. The standard InChI is InChI=1S/C19H19N5O/c25-19(23-14-7-1-2-8-14)16-11-17(22-12-21-16)24-15-9-3-5-13-6-4-10-20-18(13)15/h3-6,9-12,14H,1-2,7-8H2,(H,23,25)(H,21,22,24). The van der Waals surface area contributed by atoms with Crippen LogP contribution >= 0.6 is 0 Å². The van der Waals surface area contributed by atoms with E-state index >= 15 is 0 Å². The Hall–Kier alpha value is -3.02. The Morgan fingerprint density at radius 1 is 1.04 bits per heavy atom. The predicted molar refractivity (Wildman–Crippen MR) is 96.8 cm³/mol. The molecule has 0 spiro atoms. The molecule has 1 amide bonds. The van der Waals surface area contributed by atoms with Crippen molar-refractivity contribution in [3.8, 4) is 0 Å². The van der Waals surface area contributed by atoms with Crippen LogP contribution in [-0.4, -0.2) is 26.9 Å². The second kappa shape index (κ2) is 6.84. The van der Waals surface area contributed by atoms with E-state index < -0.39 is 0 Å². The minimum Gasteiger partial charge on any atom is -0.348 e. The van der Waals surface area contributed by atoms with E-state index in [1.165, 1.54) is 19.2 Å². The van der Waals surface area contributed by atoms with Crippen LogP contribution in [0.1, 0.15) is 36.2 Å². The summed E-state index contributed by atoms with van der Waals surface area (Å²) < 4.78 is 0. The van der Waals surface area contributed by atoms with E-state index in [1.54, 1.807) is 12.3 Å². The van der Waals surface area contributed by atoms with Crippen molar-refractivity contribution >= 4 is 28.3 Å². The minimum absolute atomic E-state index is 0.145. The van der Waals surface area contributed by atoms with Crippen LogP contribution in [0.15, 0.2) is 48.9 Å². The van der Waals surface area contributed by atoms with Gasteiger partial charge in [-0.2, -0.15) is 0 Å². The van der Waals surface area contributed by atoms with Gasteiger partial charge in [0.2, 0.25) is 0 Å². The first-order valence-corrected chi connectivity index (χ1v) is 8.53. The molecule has 1 saturated carbocycles. The molecular weight excluding hydrogens is 314 g/mol. The largest absolute Gasteiger partial charge is 0.348 e. The molecule has 6 nitrogen and oxygen atoms in total. The summed E-state index contributed by atoms with van der Waals surface area (Å²) in [5.41, 5.74) is 2.08. The van der Waals surface area contributed by atoms with E-state index in [0.29, 0.717) is 11.5 Å². The summed E-state index contributed by atoms with van der Waals surface area (Å²) in [6.45, 7) is 0. The number of carbonyl (C=O) groups is 1. The number of hydrogen-bond acceptors (Lipinski definition) is 5. The molecule has 3 aromatic rings. The first-order chi connectivity index (χ1) is 12.3. The third kappa shape index (κ3) is 3.42. The van der Waals surface area contributed by atoms with Crippen LogP contribution < -0.4 is 10.6 Å². The Balaban J connectivity index is 1.55.